The molecular weight excluding hydrogens is 340 g/mol. The van der Waals surface area contributed by atoms with Crippen LogP contribution in [0, 0.1) is 0 Å². The van der Waals surface area contributed by atoms with Gasteiger partial charge in [0.15, 0.2) is 5.82 Å². The molecule has 7 heteroatoms. The summed E-state index contributed by atoms with van der Waals surface area (Å²) in [5.74, 6) is 0.847. The minimum absolute atomic E-state index is 0.0765. The van der Waals surface area contributed by atoms with E-state index in [1.165, 1.54) is 5.56 Å². The molecule has 0 radical (unpaired) electrons. The number of carbonyl (C=O) groups is 1. The lowest BCUT2D eigenvalue weighted by molar-refractivity contribution is 0.0781. The van der Waals surface area contributed by atoms with Crippen LogP contribution in [-0.2, 0) is 25.9 Å². The molecule has 1 aliphatic rings. The highest BCUT2D eigenvalue weighted by Crippen LogP contribution is 2.22. The maximum absolute atomic E-state index is 12.3. The summed E-state index contributed by atoms with van der Waals surface area (Å²) in [6, 6.07) is 16.2. The normalized spacial score (nSPS) is 13.5. The summed E-state index contributed by atoms with van der Waals surface area (Å²) in [5, 5.41) is 15.4. The zero-order chi connectivity index (χ0) is 18.6. The van der Waals surface area contributed by atoms with Gasteiger partial charge in [-0.2, -0.15) is 0 Å². The van der Waals surface area contributed by atoms with E-state index in [0.717, 1.165) is 48.6 Å². The van der Waals surface area contributed by atoms with Crippen LogP contribution >= 0.6 is 0 Å². The van der Waals surface area contributed by atoms with Gasteiger partial charge in [0, 0.05) is 31.4 Å². The zero-order valence-electron chi connectivity index (χ0n) is 15.3. The highest BCUT2D eigenvalue weighted by Gasteiger charge is 2.21. The molecule has 1 aliphatic heterocycles. The van der Waals surface area contributed by atoms with Crippen LogP contribution in [0.1, 0.15) is 27.3 Å². The summed E-state index contributed by atoms with van der Waals surface area (Å²) in [4.78, 5) is 14.1. The maximum atomic E-state index is 12.3. The van der Waals surface area contributed by atoms with Crippen molar-refractivity contribution in [1.29, 1.82) is 0 Å². The molecule has 0 saturated heterocycles. The fraction of sp³-hybridized carbons (Fsp3) is 0.300. The van der Waals surface area contributed by atoms with E-state index in [1.807, 2.05) is 48.1 Å². The molecule has 138 valence electrons. The predicted octanol–water partition coefficient (Wildman–Crippen LogP) is 2.16. The van der Waals surface area contributed by atoms with Crippen molar-refractivity contribution in [3.63, 3.8) is 0 Å². The van der Waals surface area contributed by atoms with E-state index in [0.29, 0.717) is 6.54 Å². The van der Waals surface area contributed by atoms with E-state index in [9.17, 15) is 4.79 Å². The van der Waals surface area contributed by atoms with Gasteiger partial charge < -0.3 is 10.2 Å². The van der Waals surface area contributed by atoms with Crippen molar-refractivity contribution in [3.8, 4) is 0 Å². The lowest BCUT2D eigenvalue weighted by Gasteiger charge is -2.25. The molecule has 3 aromatic rings. The van der Waals surface area contributed by atoms with Crippen LogP contribution in [0.3, 0.4) is 0 Å². The number of amides is 1. The van der Waals surface area contributed by atoms with Gasteiger partial charge in [-0.1, -0.05) is 36.4 Å². The predicted molar refractivity (Wildman–Crippen MR) is 102 cm³/mol. The van der Waals surface area contributed by atoms with Crippen LogP contribution in [0.5, 0.6) is 0 Å². The number of hydrogen-bond acceptors (Lipinski definition) is 5. The van der Waals surface area contributed by atoms with Gasteiger partial charge >= 0.3 is 0 Å². The second-order valence-electron chi connectivity index (χ2n) is 6.76. The first-order valence-electron chi connectivity index (χ1n) is 9.12. The number of aryl methyl sites for hydroxylation is 2. The standard InChI is InChI=1S/C20H22N6O/c1-25-11-10-16-7-8-17(13-18(16)20(25)27)21-14-19-22-23-24-26(19)12-9-15-5-3-2-4-6-15/h2-8,13,21H,9-12,14H2,1H3. The molecule has 0 unspecified atom stereocenters. The molecule has 0 bridgehead atoms. The fourth-order valence-electron chi connectivity index (χ4n) is 3.28. The molecule has 0 fully saturated rings. The number of hydrogen-bond donors (Lipinski definition) is 1. The number of aromatic nitrogens is 4. The quantitative estimate of drug-likeness (QED) is 0.727. The topological polar surface area (TPSA) is 75.9 Å². The third kappa shape index (κ3) is 3.81. The number of likely N-dealkylation sites (N-methyl/N-ethyl adjacent to an activating group) is 1. The van der Waals surface area contributed by atoms with E-state index in [1.54, 1.807) is 4.90 Å². The molecule has 1 aromatic heterocycles. The average Bonchev–Trinajstić information content (AvgIpc) is 3.16. The first-order chi connectivity index (χ1) is 13.2. The highest BCUT2D eigenvalue weighted by molar-refractivity contribution is 5.97. The molecule has 0 atom stereocenters. The number of tetrazole rings is 1. The Hall–Kier alpha value is -3.22. The van der Waals surface area contributed by atoms with Crippen LogP contribution in [-0.4, -0.2) is 44.6 Å². The monoisotopic (exact) mass is 362 g/mol. The zero-order valence-corrected chi connectivity index (χ0v) is 15.3. The highest BCUT2D eigenvalue weighted by atomic mass is 16.2. The number of nitrogens with one attached hydrogen (secondary N) is 1. The van der Waals surface area contributed by atoms with Crippen molar-refractivity contribution < 1.29 is 4.79 Å². The van der Waals surface area contributed by atoms with E-state index >= 15 is 0 Å². The summed E-state index contributed by atoms with van der Waals surface area (Å²) in [6.07, 6.45) is 1.77. The van der Waals surface area contributed by atoms with Gasteiger partial charge in [0.1, 0.15) is 0 Å². The number of nitrogens with zero attached hydrogens (tertiary/aromatic N) is 5. The van der Waals surface area contributed by atoms with E-state index < -0.39 is 0 Å². The lowest BCUT2D eigenvalue weighted by Crippen LogP contribution is -2.34. The van der Waals surface area contributed by atoms with Gasteiger partial charge in [0.2, 0.25) is 0 Å². The molecule has 0 saturated carbocycles. The summed E-state index contributed by atoms with van der Waals surface area (Å²) in [7, 11) is 1.84. The summed E-state index contributed by atoms with van der Waals surface area (Å²) < 4.78 is 1.82. The number of carbonyl (C=O) groups excluding carboxylic acids is 1. The Morgan fingerprint density at radius 1 is 1.15 bits per heavy atom. The third-order valence-corrected chi connectivity index (χ3v) is 4.92. The van der Waals surface area contributed by atoms with E-state index in [-0.39, 0.29) is 5.91 Å². The molecule has 7 nitrogen and oxygen atoms in total. The van der Waals surface area contributed by atoms with Crippen molar-refractivity contribution in [3.05, 3.63) is 71.0 Å². The Kier molecular flexibility index (Phi) is 4.82. The minimum Gasteiger partial charge on any atom is -0.378 e. The van der Waals surface area contributed by atoms with Gasteiger partial charge in [-0.15, -0.1) is 5.10 Å². The molecule has 1 N–H and O–H groups in total. The Bertz CT molecular complexity index is 937. The summed E-state index contributed by atoms with van der Waals surface area (Å²) >= 11 is 0. The van der Waals surface area contributed by atoms with Crippen LogP contribution in [0.2, 0.25) is 0 Å². The first kappa shape index (κ1) is 17.2. The van der Waals surface area contributed by atoms with Gasteiger partial charge in [0.25, 0.3) is 5.91 Å². The second kappa shape index (κ2) is 7.57. The van der Waals surface area contributed by atoms with E-state index in [2.05, 4.69) is 33.0 Å². The Balaban J connectivity index is 1.41. The average molecular weight is 362 g/mol. The Labute approximate surface area is 158 Å². The van der Waals surface area contributed by atoms with Crippen molar-refractivity contribution in [2.75, 3.05) is 18.9 Å². The molecule has 1 amide bonds. The molecule has 2 heterocycles. The van der Waals surface area contributed by atoms with Crippen molar-refractivity contribution in [2.45, 2.75) is 25.9 Å². The Morgan fingerprint density at radius 2 is 2.00 bits per heavy atom. The van der Waals surface area contributed by atoms with Crippen LogP contribution in [0.15, 0.2) is 48.5 Å². The van der Waals surface area contributed by atoms with Gasteiger partial charge in [-0.25, -0.2) is 4.68 Å². The number of anilines is 1. The second-order valence-corrected chi connectivity index (χ2v) is 6.76. The molecule has 4 rings (SSSR count). The number of benzene rings is 2. The SMILES string of the molecule is CN1CCc2ccc(NCc3nnnn3CCc3ccccc3)cc2C1=O. The fourth-order valence-corrected chi connectivity index (χ4v) is 3.28. The van der Waals surface area contributed by atoms with Gasteiger partial charge in [-0.05, 0) is 46.5 Å². The molecule has 27 heavy (non-hydrogen) atoms. The Morgan fingerprint density at radius 3 is 2.85 bits per heavy atom. The molecule has 0 spiro atoms. The summed E-state index contributed by atoms with van der Waals surface area (Å²) in [6.45, 7) is 2.00. The lowest BCUT2D eigenvalue weighted by atomic mass is 9.99. The van der Waals surface area contributed by atoms with Crippen LogP contribution < -0.4 is 5.32 Å². The molecule has 2 aromatic carbocycles. The molecular formula is C20H22N6O. The van der Waals surface area contributed by atoms with Crippen molar-refractivity contribution >= 4 is 11.6 Å². The first-order valence-corrected chi connectivity index (χ1v) is 9.12. The van der Waals surface area contributed by atoms with Crippen molar-refractivity contribution in [1.82, 2.24) is 25.1 Å². The number of fused-ring (bicyclic) bond motifs is 1. The maximum Gasteiger partial charge on any atom is 0.253 e. The molecule has 0 aliphatic carbocycles. The van der Waals surface area contributed by atoms with Gasteiger partial charge in [-0.3, -0.25) is 4.79 Å². The summed E-state index contributed by atoms with van der Waals surface area (Å²) in [5.41, 5.74) is 4.04. The minimum atomic E-state index is 0.0765. The third-order valence-electron chi connectivity index (χ3n) is 4.92. The van der Waals surface area contributed by atoms with Gasteiger partial charge in [0.05, 0.1) is 6.54 Å². The largest absolute Gasteiger partial charge is 0.378 e. The van der Waals surface area contributed by atoms with E-state index in [4.69, 9.17) is 0 Å². The number of rotatable bonds is 6. The smallest absolute Gasteiger partial charge is 0.253 e. The van der Waals surface area contributed by atoms with Crippen molar-refractivity contribution in [2.24, 2.45) is 0 Å². The van der Waals surface area contributed by atoms with Crippen LogP contribution in [0.4, 0.5) is 5.69 Å². The van der Waals surface area contributed by atoms with Crippen LogP contribution in [0.25, 0.3) is 0 Å².